The number of hydrogen-bond donors (Lipinski definition) is 2. The molecule has 0 radical (unpaired) electrons. The molecule has 1 aromatic rings. The van der Waals surface area contributed by atoms with Gasteiger partial charge in [0.1, 0.15) is 0 Å². The van der Waals surface area contributed by atoms with Crippen LogP contribution in [0.5, 0.6) is 0 Å². The van der Waals surface area contributed by atoms with E-state index in [2.05, 4.69) is 26.0 Å². The van der Waals surface area contributed by atoms with Gasteiger partial charge in [-0.15, -0.1) is 0 Å². The molecule has 0 saturated heterocycles. The number of halogens is 1. The molecule has 0 fully saturated rings. The molecule has 0 spiro atoms. The summed E-state index contributed by atoms with van der Waals surface area (Å²) in [5, 5.41) is 3.09. The van der Waals surface area contributed by atoms with E-state index in [-0.39, 0.29) is 5.75 Å². The van der Waals surface area contributed by atoms with E-state index in [1.165, 1.54) is 0 Å². The summed E-state index contributed by atoms with van der Waals surface area (Å²) in [5.41, 5.74) is 2.51. The van der Waals surface area contributed by atoms with Gasteiger partial charge in [0.25, 0.3) is 0 Å². The molecule has 0 atom stereocenters. The number of hydrogen-bond acceptors (Lipinski definition) is 3. The van der Waals surface area contributed by atoms with Gasteiger partial charge in [-0.05, 0) is 50.1 Å². The summed E-state index contributed by atoms with van der Waals surface area (Å²) in [4.78, 5) is 0. The normalized spacial score (nSPS) is 11.6. The van der Waals surface area contributed by atoms with Crippen LogP contribution in [0.15, 0.2) is 16.6 Å². The summed E-state index contributed by atoms with van der Waals surface area (Å²) in [6.45, 7) is 7.15. The van der Waals surface area contributed by atoms with Crippen LogP contribution in [0.25, 0.3) is 0 Å². The zero-order chi connectivity index (χ0) is 14.5. The molecule has 0 unspecified atom stereocenters. The van der Waals surface area contributed by atoms with Crippen LogP contribution < -0.4 is 10.0 Å². The number of rotatable bonds is 7. The lowest BCUT2D eigenvalue weighted by Crippen LogP contribution is -2.27. The predicted molar refractivity (Wildman–Crippen MR) is 84.2 cm³/mol. The van der Waals surface area contributed by atoms with Crippen LogP contribution in [0.2, 0.25) is 0 Å². The van der Waals surface area contributed by atoms with Crippen LogP contribution in [0.3, 0.4) is 0 Å². The van der Waals surface area contributed by atoms with Crippen molar-refractivity contribution >= 4 is 31.6 Å². The molecule has 1 aromatic carbocycles. The van der Waals surface area contributed by atoms with E-state index in [1.807, 2.05) is 32.9 Å². The molecule has 4 nitrogen and oxygen atoms in total. The smallest absolute Gasteiger partial charge is 0.233 e. The van der Waals surface area contributed by atoms with Crippen molar-refractivity contribution in [3.63, 3.8) is 0 Å². The van der Waals surface area contributed by atoms with Gasteiger partial charge in [-0.1, -0.05) is 22.9 Å². The summed E-state index contributed by atoms with van der Waals surface area (Å²) in [5.74, 6) is 0.0853. The summed E-state index contributed by atoms with van der Waals surface area (Å²) in [6, 6.07) is 3.81. The minimum absolute atomic E-state index is 0.0853. The van der Waals surface area contributed by atoms with Gasteiger partial charge < -0.3 is 5.32 Å². The fourth-order valence-corrected chi connectivity index (χ4v) is 3.62. The summed E-state index contributed by atoms with van der Waals surface area (Å²) >= 11 is 3.40. The second-order valence-electron chi connectivity index (χ2n) is 4.59. The zero-order valence-electron chi connectivity index (χ0n) is 11.6. The SMILES string of the molecule is CCCNCCS(=O)(=O)Nc1c(C)cc(Br)cc1C. The molecule has 0 amide bonds. The Kier molecular flexibility index (Phi) is 6.29. The van der Waals surface area contributed by atoms with Gasteiger partial charge >= 0.3 is 0 Å². The molecule has 6 heteroatoms. The van der Waals surface area contributed by atoms with Crippen LogP contribution in [-0.4, -0.2) is 27.3 Å². The third-order valence-corrected chi connectivity index (χ3v) is 4.44. The van der Waals surface area contributed by atoms with Crippen LogP contribution in [0.4, 0.5) is 5.69 Å². The summed E-state index contributed by atoms with van der Waals surface area (Å²) in [7, 11) is -3.30. The fraction of sp³-hybridized carbons (Fsp3) is 0.538. The Hall–Kier alpha value is -0.590. The standard InChI is InChI=1S/C13H21BrN2O2S/c1-4-5-15-6-7-19(17,18)16-13-10(2)8-12(14)9-11(13)3/h8-9,15-16H,4-7H2,1-3H3. The molecular formula is C13H21BrN2O2S. The van der Waals surface area contributed by atoms with Crippen molar-refractivity contribution in [3.8, 4) is 0 Å². The first-order chi connectivity index (χ1) is 8.85. The third kappa shape index (κ3) is 5.50. The average Bonchev–Trinajstić information content (AvgIpc) is 2.29. The predicted octanol–water partition coefficient (Wildman–Crippen LogP) is 2.81. The Labute approximate surface area is 124 Å². The maximum atomic E-state index is 12.0. The molecule has 0 saturated carbocycles. The Bertz CT molecular complexity index is 506. The Balaban J connectivity index is 2.73. The molecule has 108 valence electrons. The Morgan fingerprint density at radius 2 is 1.74 bits per heavy atom. The van der Waals surface area contributed by atoms with Gasteiger partial charge in [0, 0.05) is 11.0 Å². The second-order valence-corrected chi connectivity index (χ2v) is 7.34. The topological polar surface area (TPSA) is 58.2 Å². The maximum absolute atomic E-state index is 12.0. The number of sulfonamides is 1. The van der Waals surface area contributed by atoms with Gasteiger partial charge in [0.05, 0.1) is 11.4 Å². The van der Waals surface area contributed by atoms with E-state index in [0.717, 1.165) is 28.6 Å². The lowest BCUT2D eigenvalue weighted by atomic mass is 10.1. The molecule has 0 heterocycles. The van der Waals surface area contributed by atoms with E-state index >= 15 is 0 Å². The lowest BCUT2D eigenvalue weighted by molar-refractivity contribution is 0.595. The average molecular weight is 349 g/mol. The minimum Gasteiger partial charge on any atom is -0.316 e. The van der Waals surface area contributed by atoms with Gasteiger partial charge in [0.15, 0.2) is 0 Å². The molecule has 2 N–H and O–H groups in total. The van der Waals surface area contributed by atoms with E-state index in [9.17, 15) is 8.42 Å². The molecule has 0 aromatic heterocycles. The highest BCUT2D eigenvalue weighted by Crippen LogP contribution is 2.25. The van der Waals surface area contributed by atoms with E-state index in [1.54, 1.807) is 0 Å². The largest absolute Gasteiger partial charge is 0.316 e. The number of benzene rings is 1. The Morgan fingerprint density at radius 1 is 1.16 bits per heavy atom. The second kappa shape index (κ2) is 7.26. The molecule has 0 aliphatic carbocycles. The molecule has 0 aliphatic rings. The zero-order valence-corrected chi connectivity index (χ0v) is 14.0. The van der Waals surface area contributed by atoms with Crippen molar-refractivity contribution in [2.45, 2.75) is 27.2 Å². The first kappa shape index (κ1) is 16.5. The van der Waals surface area contributed by atoms with Crippen LogP contribution in [-0.2, 0) is 10.0 Å². The van der Waals surface area contributed by atoms with Crippen molar-refractivity contribution in [3.05, 3.63) is 27.7 Å². The monoisotopic (exact) mass is 348 g/mol. The van der Waals surface area contributed by atoms with Crippen molar-refractivity contribution in [1.29, 1.82) is 0 Å². The number of anilines is 1. The molecule has 1 rings (SSSR count). The summed E-state index contributed by atoms with van der Waals surface area (Å²) < 4.78 is 27.6. The molecular weight excluding hydrogens is 328 g/mol. The van der Waals surface area contributed by atoms with E-state index in [4.69, 9.17) is 0 Å². The molecule has 19 heavy (non-hydrogen) atoms. The van der Waals surface area contributed by atoms with Gasteiger partial charge in [0.2, 0.25) is 10.0 Å². The molecule has 0 aliphatic heterocycles. The number of aryl methyl sites for hydroxylation is 2. The number of nitrogens with one attached hydrogen (secondary N) is 2. The van der Waals surface area contributed by atoms with Crippen LogP contribution in [0.1, 0.15) is 24.5 Å². The van der Waals surface area contributed by atoms with E-state index < -0.39 is 10.0 Å². The van der Waals surface area contributed by atoms with Gasteiger partial charge in [-0.25, -0.2) is 8.42 Å². The first-order valence-corrected chi connectivity index (χ1v) is 8.78. The van der Waals surface area contributed by atoms with Crippen LogP contribution >= 0.6 is 15.9 Å². The highest BCUT2D eigenvalue weighted by molar-refractivity contribution is 9.10. The van der Waals surface area contributed by atoms with E-state index in [0.29, 0.717) is 12.2 Å². The minimum atomic E-state index is -3.30. The van der Waals surface area contributed by atoms with Crippen molar-refractivity contribution in [1.82, 2.24) is 5.32 Å². The Morgan fingerprint density at radius 3 is 2.26 bits per heavy atom. The lowest BCUT2D eigenvalue weighted by Gasteiger charge is -2.14. The van der Waals surface area contributed by atoms with Crippen molar-refractivity contribution < 1.29 is 8.42 Å². The summed E-state index contributed by atoms with van der Waals surface area (Å²) in [6.07, 6.45) is 0.998. The first-order valence-electron chi connectivity index (χ1n) is 6.33. The van der Waals surface area contributed by atoms with Crippen molar-refractivity contribution in [2.75, 3.05) is 23.6 Å². The highest BCUT2D eigenvalue weighted by Gasteiger charge is 2.13. The fourth-order valence-electron chi connectivity index (χ4n) is 1.79. The highest BCUT2D eigenvalue weighted by atomic mass is 79.9. The molecule has 0 bridgehead atoms. The maximum Gasteiger partial charge on any atom is 0.233 e. The van der Waals surface area contributed by atoms with Gasteiger partial charge in [-0.3, -0.25) is 4.72 Å². The third-order valence-electron chi connectivity index (χ3n) is 2.73. The van der Waals surface area contributed by atoms with Crippen LogP contribution in [0, 0.1) is 13.8 Å². The quantitative estimate of drug-likeness (QED) is 0.745. The van der Waals surface area contributed by atoms with Gasteiger partial charge in [-0.2, -0.15) is 0 Å². The van der Waals surface area contributed by atoms with Crippen molar-refractivity contribution in [2.24, 2.45) is 0 Å².